The number of amides is 1. The number of hydrogen-bond donors (Lipinski definition) is 0. The molecule has 31 heavy (non-hydrogen) atoms. The van der Waals surface area contributed by atoms with Gasteiger partial charge in [0, 0.05) is 32.7 Å². The number of benzene rings is 2. The summed E-state index contributed by atoms with van der Waals surface area (Å²) in [4.78, 5) is 16.3. The number of carbonyl (C=O) groups excluding carboxylic acids is 1. The van der Waals surface area contributed by atoms with E-state index in [1.807, 2.05) is 75.4 Å². The van der Waals surface area contributed by atoms with Crippen LogP contribution in [0.3, 0.4) is 0 Å². The zero-order valence-electron chi connectivity index (χ0n) is 19.0. The number of carbonyl (C=O) groups is 1. The fourth-order valence-corrected chi connectivity index (χ4v) is 3.43. The van der Waals surface area contributed by atoms with Crippen molar-refractivity contribution in [3.8, 4) is 11.5 Å². The molecule has 2 aromatic carbocycles. The first-order valence-corrected chi connectivity index (χ1v) is 10.9. The number of piperazine rings is 1. The molecule has 3 rings (SSSR count). The average molecular weight is 427 g/mol. The third kappa shape index (κ3) is 7.79. The van der Waals surface area contributed by atoms with Crippen LogP contribution >= 0.6 is 0 Å². The summed E-state index contributed by atoms with van der Waals surface area (Å²) in [7, 11) is 0. The zero-order valence-corrected chi connectivity index (χ0v) is 19.0. The number of hydrogen-bond acceptors (Lipinski definition) is 5. The summed E-state index contributed by atoms with van der Waals surface area (Å²) in [5.41, 5.74) is 0.682. The highest BCUT2D eigenvalue weighted by Gasteiger charge is 2.26. The number of ether oxygens (including phenoxy) is 3. The molecule has 1 aliphatic heterocycles. The Morgan fingerprint density at radius 2 is 1.55 bits per heavy atom. The predicted octanol–water partition coefficient (Wildman–Crippen LogP) is 4.59. The Balaban J connectivity index is 1.39. The molecule has 0 spiro atoms. The average Bonchev–Trinajstić information content (AvgIpc) is 2.73. The van der Waals surface area contributed by atoms with E-state index in [1.54, 1.807) is 4.90 Å². The molecule has 6 nitrogen and oxygen atoms in total. The highest BCUT2D eigenvalue weighted by molar-refractivity contribution is 5.68. The molecule has 0 aromatic heterocycles. The first-order chi connectivity index (χ1) is 14.8. The third-order valence-corrected chi connectivity index (χ3v) is 4.95. The van der Waals surface area contributed by atoms with Crippen LogP contribution in [0.1, 0.15) is 33.3 Å². The lowest BCUT2D eigenvalue weighted by molar-refractivity contribution is 0.0118. The number of rotatable bonds is 7. The van der Waals surface area contributed by atoms with Crippen LogP contribution in [0.2, 0.25) is 0 Å². The minimum absolute atomic E-state index is 0.0455. The van der Waals surface area contributed by atoms with Gasteiger partial charge >= 0.3 is 6.09 Å². The minimum Gasteiger partial charge on any atom is -0.489 e. The van der Waals surface area contributed by atoms with Gasteiger partial charge in [-0.15, -0.1) is 0 Å². The highest BCUT2D eigenvalue weighted by Crippen LogP contribution is 2.20. The summed E-state index contributed by atoms with van der Waals surface area (Å²) in [6, 6.07) is 17.9. The largest absolute Gasteiger partial charge is 0.489 e. The molecule has 1 amide bonds. The van der Waals surface area contributed by atoms with Crippen molar-refractivity contribution in [1.29, 1.82) is 0 Å². The molecule has 1 heterocycles. The van der Waals surface area contributed by atoms with Gasteiger partial charge in [-0.05, 0) is 57.5 Å². The van der Waals surface area contributed by atoms with Crippen LogP contribution in [0.4, 0.5) is 4.79 Å². The van der Waals surface area contributed by atoms with Gasteiger partial charge in [-0.1, -0.05) is 30.3 Å². The smallest absolute Gasteiger partial charge is 0.410 e. The van der Waals surface area contributed by atoms with Crippen molar-refractivity contribution in [1.82, 2.24) is 9.80 Å². The lowest BCUT2D eigenvalue weighted by Gasteiger charge is -2.36. The van der Waals surface area contributed by atoms with Gasteiger partial charge in [-0.3, -0.25) is 4.90 Å². The molecular formula is C25H34N2O4. The normalized spacial score (nSPS) is 15.9. The molecule has 1 saturated heterocycles. The van der Waals surface area contributed by atoms with Crippen molar-refractivity contribution >= 4 is 6.09 Å². The van der Waals surface area contributed by atoms with E-state index in [9.17, 15) is 4.79 Å². The maximum atomic E-state index is 12.2. The van der Waals surface area contributed by atoms with E-state index >= 15 is 0 Å². The van der Waals surface area contributed by atoms with Gasteiger partial charge < -0.3 is 19.1 Å². The SMILES string of the molecule is CC(CN1CCN(C(=O)OC(C)(C)C)CC1)Oc1ccc(OCc2ccccc2)cc1. The van der Waals surface area contributed by atoms with Gasteiger partial charge in [-0.25, -0.2) is 4.79 Å². The van der Waals surface area contributed by atoms with E-state index in [2.05, 4.69) is 11.8 Å². The van der Waals surface area contributed by atoms with Gasteiger partial charge in [0.15, 0.2) is 0 Å². The van der Waals surface area contributed by atoms with Crippen LogP contribution < -0.4 is 9.47 Å². The van der Waals surface area contributed by atoms with Crippen LogP contribution in [0.15, 0.2) is 54.6 Å². The second-order valence-corrected chi connectivity index (χ2v) is 8.94. The summed E-state index contributed by atoms with van der Waals surface area (Å²) >= 11 is 0. The van der Waals surface area contributed by atoms with E-state index < -0.39 is 5.60 Å². The van der Waals surface area contributed by atoms with Gasteiger partial charge in [0.25, 0.3) is 0 Å². The monoisotopic (exact) mass is 426 g/mol. The molecule has 0 N–H and O–H groups in total. The van der Waals surface area contributed by atoms with E-state index in [0.29, 0.717) is 19.7 Å². The molecule has 0 saturated carbocycles. The van der Waals surface area contributed by atoms with Gasteiger partial charge in [0.1, 0.15) is 29.8 Å². The molecular weight excluding hydrogens is 392 g/mol. The second-order valence-electron chi connectivity index (χ2n) is 8.94. The molecule has 0 radical (unpaired) electrons. The van der Waals surface area contributed by atoms with Crippen molar-refractivity contribution in [3.05, 3.63) is 60.2 Å². The summed E-state index contributed by atoms with van der Waals surface area (Å²) in [6.07, 6.45) is -0.185. The number of nitrogens with zero attached hydrogens (tertiary/aromatic N) is 2. The zero-order chi connectivity index (χ0) is 22.3. The Hall–Kier alpha value is -2.73. The van der Waals surface area contributed by atoms with Crippen molar-refractivity contribution in [2.45, 2.75) is 46.0 Å². The Kier molecular flexibility index (Phi) is 7.80. The summed E-state index contributed by atoms with van der Waals surface area (Å²) in [5.74, 6) is 1.65. The fraction of sp³-hybridized carbons (Fsp3) is 0.480. The Morgan fingerprint density at radius 1 is 0.935 bits per heavy atom. The summed E-state index contributed by atoms with van der Waals surface area (Å²) in [6.45, 7) is 12.1. The Bertz CT molecular complexity index is 810. The Labute approximate surface area is 185 Å². The van der Waals surface area contributed by atoms with Crippen LogP contribution in [-0.4, -0.2) is 60.3 Å². The first-order valence-electron chi connectivity index (χ1n) is 10.9. The van der Waals surface area contributed by atoms with Crippen molar-refractivity contribution in [2.24, 2.45) is 0 Å². The lowest BCUT2D eigenvalue weighted by atomic mass is 10.2. The third-order valence-electron chi connectivity index (χ3n) is 4.95. The second kappa shape index (κ2) is 10.5. The fourth-order valence-electron chi connectivity index (χ4n) is 3.43. The molecule has 2 aromatic rings. The van der Waals surface area contributed by atoms with E-state index in [1.165, 1.54) is 0 Å². The molecule has 168 valence electrons. The van der Waals surface area contributed by atoms with E-state index in [4.69, 9.17) is 14.2 Å². The quantitative estimate of drug-likeness (QED) is 0.648. The summed E-state index contributed by atoms with van der Waals surface area (Å²) in [5, 5.41) is 0. The van der Waals surface area contributed by atoms with Crippen LogP contribution in [0, 0.1) is 0 Å². The topological polar surface area (TPSA) is 51.2 Å². The molecule has 1 fully saturated rings. The molecule has 1 atom stereocenters. The van der Waals surface area contributed by atoms with Gasteiger partial charge in [-0.2, -0.15) is 0 Å². The van der Waals surface area contributed by atoms with Crippen molar-refractivity contribution in [2.75, 3.05) is 32.7 Å². The maximum absolute atomic E-state index is 12.2. The van der Waals surface area contributed by atoms with Crippen LogP contribution in [0.5, 0.6) is 11.5 Å². The van der Waals surface area contributed by atoms with E-state index in [0.717, 1.165) is 36.7 Å². The standard InChI is InChI=1S/C25H34N2O4/c1-20(18-26-14-16-27(17-15-26)24(28)31-25(2,3)4)30-23-12-10-22(11-13-23)29-19-21-8-6-5-7-9-21/h5-13,20H,14-19H2,1-4H3. The molecule has 0 aliphatic carbocycles. The predicted molar refractivity (Wildman–Crippen MR) is 122 cm³/mol. The highest BCUT2D eigenvalue weighted by atomic mass is 16.6. The summed E-state index contributed by atoms with van der Waals surface area (Å²) < 4.78 is 17.4. The molecule has 1 unspecified atom stereocenters. The molecule has 1 aliphatic rings. The maximum Gasteiger partial charge on any atom is 0.410 e. The first kappa shape index (κ1) is 22.9. The lowest BCUT2D eigenvalue weighted by Crippen LogP contribution is -2.51. The van der Waals surface area contributed by atoms with Crippen LogP contribution in [0.25, 0.3) is 0 Å². The van der Waals surface area contributed by atoms with Gasteiger partial charge in [0.2, 0.25) is 0 Å². The minimum atomic E-state index is -0.460. The van der Waals surface area contributed by atoms with Crippen molar-refractivity contribution < 1.29 is 19.0 Å². The molecule has 6 heteroatoms. The van der Waals surface area contributed by atoms with Crippen LogP contribution in [-0.2, 0) is 11.3 Å². The Morgan fingerprint density at radius 3 is 2.16 bits per heavy atom. The van der Waals surface area contributed by atoms with E-state index in [-0.39, 0.29) is 12.2 Å². The molecule has 0 bridgehead atoms. The van der Waals surface area contributed by atoms with Crippen molar-refractivity contribution in [3.63, 3.8) is 0 Å². The van der Waals surface area contributed by atoms with Gasteiger partial charge in [0.05, 0.1) is 0 Å².